The summed E-state index contributed by atoms with van der Waals surface area (Å²) in [5.74, 6) is 0.387. The Balaban J connectivity index is 0. The maximum Gasteiger partial charge on any atom is 0.410 e. The monoisotopic (exact) mass is 460 g/mol. The second-order valence-corrected chi connectivity index (χ2v) is 10.3. The van der Waals surface area contributed by atoms with Crippen molar-refractivity contribution in [2.75, 3.05) is 20.7 Å². The van der Waals surface area contributed by atoms with Gasteiger partial charge in [0.1, 0.15) is 17.5 Å². The average Bonchev–Trinajstić information content (AvgIpc) is 2.66. The van der Waals surface area contributed by atoms with Crippen LogP contribution in [0.25, 0.3) is 0 Å². The molecule has 0 aliphatic heterocycles. The molecule has 0 aliphatic rings. The van der Waals surface area contributed by atoms with Gasteiger partial charge >= 0.3 is 12.2 Å². The highest BCUT2D eigenvalue weighted by atomic mass is 16.6. The zero-order valence-electron chi connectivity index (χ0n) is 22.4. The summed E-state index contributed by atoms with van der Waals surface area (Å²) in [5.41, 5.74) is -1.03. The van der Waals surface area contributed by atoms with Crippen LogP contribution in [0.3, 0.4) is 0 Å². The van der Waals surface area contributed by atoms with E-state index in [1.54, 1.807) is 34.9 Å². The minimum absolute atomic E-state index is 0.0370. The van der Waals surface area contributed by atoms with Crippen molar-refractivity contribution in [1.29, 1.82) is 0 Å². The van der Waals surface area contributed by atoms with E-state index in [4.69, 9.17) is 9.47 Å². The summed E-state index contributed by atoms with van der Waals surface area (Å²) in [4.78, 5) is 37.3. The van der Waals surface area contributed by atoms with Crippen molar-refractivity contribution < 1.29 is 29.0 Å². The van der Waals surface area contributed by atoms with Crippen LogP contribution in [0.1, 0.15) is 82.1 Å². The fourth-order valence-corrected chi connectivity index (χ4v) is 2.73. The molecule has 0 aliphatic carbocycles. The topological polar surface area (TPSA) is 96.4 Å². The lowest BCUT2D eigenvalue weighted by Gasteiger charge is -2.32. The van der Waals surface area contributed by atoms with Gasteiger partial charge in [-0.05, 0) is 53.4 Å². The normalized spacial score (nSPS) is 15.3. The Kier molecular flexibility index (Phi) is 14.5. The smallest absolute Gasteiger partial charge is 0.410 e. The molecule has 2 amide bonds. The first-order valence-electron chi connectivity index (χ1n) is 11.4. The largest absolute Gasteiger partial charge is 0.444 e. The van der Waals surface area contributed by atoms with E-state index in [9.17, 15) is 19.5 Å². The lowest BCUT2D eigenvalue weighted by Crippen LogP contribution is -2.45. The number of rotatable bonds is 8. The van der Waals surface area contributed by atoms with Gasteiger partial charge in [-0.3, -0.25) is 0 Å². The first-order chi connectivity index (χ1) is 14.4. The highest BCUT2D eigenvalue weighted by Gasteiger charge is 2.28. The van der Waals surface area contributed by atoms with Gasteiger partial charge in [0.25, 0.3) is 0 Å². The first-order valence-corrected chi connectivity index (χ1v) is 11.4. The van der Waals surface area contributed by atoms with Gasteiger partial charge in [0.2, 0.25) is 0 Å². The molecule has 1 N–H and O–H groups in total. The van der Waals surface area contributed by atoms with Crippen LogP contribution in [-0.4, -0.2) is 77.4 Å². The number of aldehydes is 1. The Labute approximate surface area is 195 Å². The third-order valence-electron chi connectivity index (χ3n) is 5.16. The maximum absolute atomic E-state index is 11.8. The number of amides is 2. The van der Waals surface area contributed by atoms with Crippen molar-refractivity contribution in [1.82, 2.24) is 9.80 Å². The van der Waals surface area contributed by atoms with Crippen LogP contribution in [0.5, 0.6) is 0 Å². The molecule has 0 spiro atoms. The summed E-state index contributed by atoms with van der Waals surface area (Å²) >= 11 is 0. The molecule has 4 atom stereocenters. The Hall–Kier alpha value is -1.83. The van der Waals surface area contributed by atoms with Crippen LogP contribution in [0.2, 0.25) is 0 Å². The van der Waals surface area contributed by atoms with Gasteiger partial charge in [-0.15, -0.1) is 0 Å². The molecule has 0 heterocycles. The molecule has 190 valence electrons. The van der Waals surface area contributed by atoms with E-state index in [0.717, 1.165) is 19.1 Å². The Morgan fingerprint density at radius 2 is 1.22 bits per heavy atom. The van der Waals surface area contributed by atoms with Crippen molar-refractivity contribution in [3.05, 3.63) is 0 Å². The molecule has 0 fully saturated rings. The fraction of sp³-hybridized carbons (Fsp3) is 0.875. The number of nitrogens with zero attached hydrogens (tertiary/aromatic N) is 2. The molecule has 32 heavy (non-hydrogen) atoms. The molecule has 0 radical (unpaired) electrons. The number of ether oxygens (including phenoxy) is 2. The van der Waals surface area contributed by atoms with E-state index >= 15 is 0 Å². The Morgan fingerprint density at radius 3 is 1.50 bits per heavy atom. The van der Waals surface area contributed by atoms with Crippen LogP contribution in [0.15, 0.2) is 0 Å². The summed E-state index contributed by atoms with van der Waals surface area (Å²) in [7, 11) is 3.26. The van der Waals surface area contributed by atoms with Gasteiger partial charge in [-0.25, -0.2) is 9.59 Å². The predicted octanol–water partition coefficient (Wildman–Crippen LogP) is 4.73. The van der Waals surface area contributed by atoms with Gasteiger partial charge in [0, 0.05) is 14.1 Å². The van der Waals surface area contributed by atoms with Gasteiger partial charge in [-0.1, -0.05) is 40.5 Å². The zero-order valence-corrected chi connectivity index (χ0v) is 22.4. The van der Waals surface area contributed by atoms with E-state index in [1.165, 1.54) is 9.80 Å². The number of carbonyl (C=O) groups excluding carboxylic acids is 3. The minimum atomic E-state index is -0.534. The molecule has 0 saturated carbocycles. The standard InChI is InChI=1S/C12H25NO3.C12H23NO3/c2*1-7-9(2)10(8-14)13(6)11(15)16-12(3,4)5/h9-10,14H,7-8H2,1-6H3;8-10H,7H2,1-6H3/t2*9-,10+/m00/s1. The predicted molar refractivity (Wildman–Crippen MR) is 128 cm³/mol. The first kappa shape index (κ1) is 32.4. The van der Waals surface area contributed by atoms with Crippen molar-refractivity contribution in [3.8, 4) is 0 Å². The second-order valence-electron chi connectivity index (χ2n) is 10.3. The highest BCUT2D eigenvalue weighted by Crippen LogP contribution is 2.17. The van der Waals surface area contributed by atoms with Crippen LogP contribution < -0.4 is 0 Å². The van der Waals surface area contributed by atoms with Crippen molar-refractivity contribution in [3.63, 3.8) is 0 Å². The maximum atomic E-state index is 11.8. The van der Waals surface area contributed by atoms with E-state index in [1.807, 2.05) is 48.5 Å². The number of carbonyl (C=O) groups is 3. The number of aliphatic hydroxyl groups is 1. The number of aliphatic hydroxyl groups excluding tert-OH is 1. The lowest BCUT2D eigenvalue weighted by atomic mass is 9.99. The van der Waals surface area contributed by atoms with E-state index in [2.05, 4.69) is 0 Å². The minimum Gasteiger partial charge on any atom is -0.444 e. The molecular formula is C24H48N2O6. The zero-order chi connectivity index (χ0) is 25.9. The molecule has 0 bridgehead atoms. The molecule has 0 aromatic carbocycles. The number of hydrogen-bond donors (Lipinski definition) is 1. The van der Waals surface area contributed by atoms with Crippen LogP contribution in [-0.2, 0) is 14.3 Å². The molecular weight excluding hydrogens is 412 g/mol. The third kappa shape index (κ3) is 12.9. The SMILES string of the molecule is CC[C@H](C)[C@@H](C=O)N(C)C(=O)OC(C)(C)C.CC[C@H](C)[C@@H](CO)N(C)C(=O)OC(C)(C)C. The van der Waals surface area contributed by atoms with Crippen LogP contribution >= 0.6 is 0 Å². The third-order valence-corrected chi connectivity index (χ3v) is 5.16. The van der Waals surface area contributed by atoms with Gasteiger partial charge < -0.3 is 29.2 Å². The number of likely N-dealkylation sites (N-methyl/N-ethyl adjacent to an activating group) is 2. The molecule has 0 aromatic rings. The van der Waals surface area contributed by atoms with Gasteiger partial charge in [0.15, 0.2) is 0 Å². The fourth-order valence-electron chi connectivity index (χ4n) is 2.73. The summed E-state index contributed by atoms with van der Waals surface area (Å²) in [5, 5.41) is 9.30. The Bertz CT molecular complexity index is 568. The quantitative estimate of drug-likeness (QED) is 0.526. The molecule has 0 rings (SSSR count). The Morgan fingerprint density at radius 1 is 0.844 bits per heavy atom. The van der Waals surface area contributed by atoms with Gasteiger partial charge in [0.05, 0.1) is 18.7 Å². The summed E-state index contributed by atoms with van der Waals surface area (Å²) in [6, 6.07) is -0.598. The molecule has 0 aromatic heterocycles. The van der Waals surface area contributed by atoms with E-state index in [0.29, 0.717) is 0 Å². The summed E-state index contributed by atoms with van der Waals surface area (Å²) in [6.45, 7) is 18.8. The van der Waals surface area contributed by atoms with Crippen molar-refractivity contribution in [2.24, 2.45) is 11.8 Å². The van der Waals surface area contributed by atoms with Gasteiger partial charge in [-0.2, -0.15) is 0 Å². The average molecular weight is 461 g/mol. The van der Waals surface area contributed by atoms with E-state index in [-0.39, 0.29) is 30.6 Å². The van der Waals surface area contributed by atoms with Crippen LogP contribution in [0.4, 0.5) is 9.59 Å². The molecule has 0 unspecified atom stereocenters. The number of hydrogen-bond acceptors (Lipinski definition) is 6. The summed E-state index contributed by atoms with van der Waals surface area (Å²) in [6.07, 6.45) is 1.73. The van der Waals surface area contributed by atoms with E-state index < -0.39 is 23.3 Å². The molecule has 0 saturated heterocycles. The van der Waals surface area contributed by atoms with Crippen LogP contribution in [0, 0.1) is 11.8 Å². The lowest BCUT2D eigenvalue weighted by molar-refractivity contribution is -0.113. The molecule has 8 nitrogen and oxygen atoms in total. The molecule has 8 heteroatoms. The summed E-state index contributed by atoms with van der Waals surface area (Å²) < 4.78 is 10.5. The van der Waals surface area contributed by atoms with Crippen molar-refractivity contribution >= 4 is 18.5 Å². The highest BCUT2D eigenvalue weighted by molar-refractivity contribution is 5.73. The second kappa shape index (κ2) is 14.3. The van der Waals surface area contributed by atoms with Crippen molar-refractivity contribution in [2.45, 2.75) is 105 Å².